The molecular weight excluding hydrogens is 392 g/mol. The number of amides is 1. The van der Waals surface area contributed by atoms with Gasteiger partial charge in [-0.1, -0.05) is 23.9 Å². The van der Waals surface area contributed by atoms with Gasteiger partial charge in [-0.2, -0.15) is 0 Å². The van der Waals surface area contributed by atoms with E-state index in [1.54, 1.807) is 11.3 Å². The van der Waals surface area contributed by atoms with Gasteiger partial charge in [-0.3, -0.25) is 9.36 Å². The van der Waals surface area contributed by atoms with Crippen LogP contribution in [0.15, 0.2) is 40.9 Å². The monoisotopic (exact) mass is 416 g/mol. The van der Waals surface area contributed by atoms with Crippen LogP contribution in [0.2, 0.25) is 0 Å². The maximum absolute atomic E-state index is 12.5. The van der Waals surface area contributed by atoms with Crippen LogP contribution in [-0.2, 0) is 4.79 Å². The molecule has 2 heterocycles. The van der Waals surface area contributed by atoms with Gasteiger partial charge in [-0.15, -0.1) is 21.5 Å². The highest BCUT2D eigenvalue weighted by Crippen LogP contribution is 2.30. The van der Waals surface area contributed by atoms with Gasteiger partial charge in [0, 0.05) is 21.9 Å². The fourth-order valence-corrected chi connectivity index (χ4v) is 4.31. The molecule has 148 valence electrons. The molecule has 6 nitrogen and oxygen atoms in total. The van der Waals surface area contributed by atoms with Crippen molar-refractivity contribution in [2.24, 2.45) is 0 Å². The molecule has 0 aliphatic rings. The summed E-state index contributed by atoms with van der Waals surface area (Å²) in [4.78, 5) is 13.7. The summed E-state index contributed by atoms with van der Waals surface area (Å²) >= 11 is 3.07. The summed E-state index contributed by atoms with van der Waals surface area (Å²) in [6.07, 6.45) is 0. The lowest BCUT2D eigenvalue weighted by atomic mass is 10.3. The van der Waals surface area contributed by atoms with Crippen molar-refractivity contribution in [3.8, 4) is 17.1 Å². The standard InChI is InChI=1S/C20H24N4O2S2/c1-5-26-17-9-7-6-8-16(17)21-18(25)12-28-20-23-22-19(24(20)13(2)3)15-10-14(4)27-11-15/h6-11,13H,5,12H2,1-4H3,(H,21,25). The summed E-state index contributed by atoms with van der Waals surface area (Å²) in [5.74, 6) is 1.64. The number of para-hydroxylation sites is 2. The van der Waals surface area contributed by atoms with Crippen molar-refractivity contribution in [3.63, 3.8) is 0 Å². The van der Waals surface area contributed by atoms with Crippen molar-refractivity contribution in [2.75, 3.05) is 17.7 Å². The van der Waals surface area contributed by atoms with Crippen LogP contribution in [0, 0.1) is 6.92 Å². The van der Waals surface area contributed by atoms with E-state index >= 15 is 0 Å². The molecule has 1 N–H and O–H groups in total. The topological polar surface area (TPSA) is 69.0 Å². The molecule has 8 heteroatoms. The number of hydrogen-bond acceptors (Lipinski definition) is 6. The first-order valence-corrected chi connectivity index (χ1v) is 11.0. The Kier molecular flexibility index (Phi) is 6.74. The van der Waals surface area contributed by atoms with E-state index in [1.165, 1.54) is 16.6 Å². The van der Waals surface area contributed by atoms with E-state index < -0.39 is 0 Å². The Hall–Kier alpha value is -2.32. The van der Waals surface area contributed by atoms with Crippen molar-refractivity contribution < 1.29 is 9.53 Å². The molecule has 0 radical (unpaired) electrons. The predicted octanol–water partition coefficient (Wildman–Crippen LogP) is 5.03. The quantitative estimate of drug-likeness (QED) is 0.522. The van der Waals surface area contributed by atoms with E-state index in [2.05, 4.69) is 52.3 Å². The number of benzene rings is 1. The Bertz CT molecular complexity index is 949. The molecule has 0 aliphatic carbocycles. The Morgan fingerprint density at radius 1 is 1.32 bits per heavy atom. The zero-order valence-corrected chi connectivity index (χ0v) is 18.1. The van der Waals surface area contributed by atoms with Gasteiger partial charge >= 0.3 is 0 Å². The fraction of sp³-hybridized carbons (Fsp3) is 0.350. The molecule has 0 atom stereocenters. The second-order valence-electron chi connectivity index (χ2n) is 6.48. The average Bonchev–Trinajstić information content (AvgIpc) is 3.28. The smallest absolute Gasteiger partial charge is 0.234 e. The molecule has 1 aromatic carbocycles. The van der Waals surface area contributed by atoms with Gasteiger partial charge in [0.2, 0.25) is 5.91 Å². The summed E-state index contributed by atoms with van der Waals surface area (Å²) in [7, 11) is 0. The van der Waals surface area contributed by atoms with Crippen LogP contribution < -0.4 is 10.1 Å². The number of ether oxygens (including phenoxy) is 1. The van der Waals surface area contributed by atoms with Crippen LogP contribution in [0.1, 0.15) is 31.7 Å². The highest BCUT2D eigenvalue weighted by molar-refractivity contribution is 7.99. The molecule has 0 spiro atoms. The third kappa shape index (κ3) is 4.74. The normalized spacial score (nSPS) is 11.0. The predicted molar refractivity (Wildman–Crippen MR) is 115 cm³/mol. The maximum atomic E-state index is 12.5. The first kappa shape index (κ1) is 20.4. The van der Waals surface area contributed by atoms with E-state index in [9.17, 15) is 4.79 Å². The molecule has 28 heavy (non-hydrogen) atoms. The van der Waals surface area contributed by atoms with Crippen molar-refractivity contribution >= 4 is 34.7 Å². The molecule has 0 saturated carbocycles. The number of anilines is 1. The summed E-state index contributed by atoms with van der Waals surface area (Å²) in [5, 5.41) is 14.4. The van der Waals surface area contributed by atoms with Gasteiger partial charge in [-0.05, 0) is 45.9 Å². The van der Waals surface area contributed by atoms with Gasteiger partial charge in [0.15, 0.2) is 11.0 Å². The van der Waals surface area contributed by atoms with E-state index in [0.29, 0.717) is 18.0 Å². The number of hydrogen-bond donors (Lipinski definition) is 1. The highest BCUT2D eigenvalue weighted by atomic mass is 32.2. The molecular formula is C20H24N4O2S2. The van der Waals surface area contributed by atoms with Crippen molar-refractivity contribution in [3.05, 3.63) is 40.6 Å². The van der Waals surface area contributed by atoms with Crippen LogP contribution in [0.5, 0.6) is 5.75 Å². The maximum Gasteiger partial charge on any atom is 0.234 e. The number of thioether (sulfide) groups is 1. The van der Waals surface area contributed by atoms with Crippen LogP contribution in [0.3, 0.4) is 0 Å². The fourth-order valence-electron chi connectivity index (χ4n) is 2.77. The number of carbonyl (C=O) groups is 1. The average molecular weight is 417 g/mol. The molecule has 0 fully saturated rings. The van der Waals surface area contributed by atoms with E-state index in [0.717, 1.165) is 16.5 Å². The van der Waals surface area contributed by atoms with Gasteiger partial charge < -0.3 is 10.1 Å². The number of aromatic nitrogens is 3. The summed E-state index contributed by atoms with van der Waals surface area (Å²) in [6.45, 7) is 8.72. The Morgan fingerprint density at radius 2 is 2.11 bits per heavy atom. The van der Waals surface area contributed by atoms with E-state index in [1.807, 2.05) is 31.2 Å². The van der Waals surface area contributed by atoms with Crippen molar-refractivity contribution in [1.82, 2.24) is 14.8 Å². The zero-order chi connectivity index (χ0) is 20.1. The van der Waals surface area contributed by atoms with E-state index in [4.69, 9.17) is 4.74 Å². The number of aryl methyl sites for hydroxylation is 1. The number of thiophene rings is 1. The summed E-state index contributed by atoms with van der Waals surface area (Å²) < 4.78 is 7.64. The molecule has 0 aliphatic heterocycles. The Balaban J connectivity index is 1.71. The second-order valence-corrected chi connectivity index (χ2v) is 8.54. The Labute approximate surface area is 173 Å². The Morgan fingerprint density at radius 3 is 2.79 bits per heavy atom. The third-order valence-corrected chi connectivity index (χ3v) is 5.77. The van der Waals surface area contributed by atoms with Crippen LogP contribution in [0.4, 0.5) is 5.69 Å². The van der Waals surface area contributed by atoms with Crippen LogP contribution in [-0.4, -0.2) is 33.0 Å². The number of rotatable bonds is 8. The third-order valence-electron chi connectivity index (χ3n) is 3.96. The van der Waals surface area contributed by atoms with Gasteiger partial charge in [0.1, 0.15) is 5.75 Å². The minimum atomic E-state index is -0.108. The lowest BCUT2D eigenvalue weighted by molar-refractivity contribution is -0.113. The van der Waals surface area contributed by atoms with Gasteiger partial charge in [0.05, 0.1) is 18.0 Å². The second kappa shape index (κ2) is 9.25. The number of carbonyl (C=O) groups excluding carboxylic acids is 1. The molecule has 2 aromatic heterocycles. The molecule has 3 rings (SSSR count). The number of nitrogens with zero attached hydrogens (tertiary/aromatic N) is 3. The molecule has 1 amide bonds. The van der Waals surface area contributed by atoms with Gasteiger partial charge in [-0.25, -0.2) is 0 Å². The SMILES string of the molecule is CCOc1ccccc1NC(=O)CSc1nnc(-c2csc(C)c2)n1C(C)C. The van der Waals surface area contributed by atoms with Crippen molar-refractivity contribution in [2.45, 2.75) is 38.9 Å². The first-order valence-electron chi connectivity index (χ1n) is 9.14. The minimum absolute atomic E-state index is 0.108. The minimum Gasteiger partial charge on any atom is -0.492 e. The highest BCUT2D eigenvalue weighted by Gasteiger charge is 2.19. The molecule has 0 unspecified atom stereocenters. The largest absolute Gasteiger partial charge is 0.492 e. The van der Waals surface area contributed by atoms with Crippen molar-refractivity contribution in [1.29, 1.82) is 0 Å². The van der Waals surface area contributed by atoms with E-state index in [-0.39, 0.29) is 17.7 Å². The van der Waals surface area contributed by atoms with Crippen LogP contribution >= 0.6 is 23.1 Å². The zero-order valence-electron chi connectivity index (χ0n) is 16.4. The van der Waals surface area contributed by atoms with Gasteiger partial charge in [0.25, 0.3) is 0 Å². The molecule has 0 saturated heterocycles. The molecule has 0 bridgehead atoms. The van der Waals surface area contributed by atoms with Crippen LogP contribution in [0.25, 0.3) is 11.4 Å². The first-order chi connectivity index (χ1) is 13.5. The lowest BCUT2D eigenvalue weighted by Gasteiger charge is -2.13. The lowest BCUT2D eigenvalue weighted by Crippen LogP contribution is -2.15. The molecule has 3 aromatic rings. The summed E-state index contributed by atoms with van der Waals surface area (Å²) in [6, 6.07) is 9.73. The summed E-state index contributed by atoms with van der Waals surface area (Å²) in [5.41, 5.74) is 1.74. The number of nitrogens with one attached hydrogen (secondary N) is 1.